The van der Waals surface area contributed by atoms with E-state index in [-0.39, 0.29) is 10.8 Å². The van der Waals surface area contributed by atoms with Crippen LogP contribution in [0.25, 0.3) is 0 Å². The van der Waals surface area contributed by atoms with Crippen LogP contribution in [-0.2, 0) is 9.59 Å². The van der Waals surface area contributed by atoms with E-state index in [2.05, 4.69) is 20.8 Å². The minimum absolute atomic E-state index is 0.126. The predicted octanol–water partition coefficient (Wildman–Crippen LogP) is 2.67. The minimum atomic E-state index is -0.126. The van der Waals surface area contributed by atoms with Crippen LogP contribution in [0.3, 0.4) is 0 Å². The van der Waals surface area contributed by atoms with Crippen molar-refractivity contribution in [3.63, 3.8) is 0 Å². The molecule has 1 saturated heterocycles. The molecule has 0 N–H and O–H groups in total. The van der Waals surface area contributed by atoms with Gasteiger partial charge in [0.1, 0.15) is 0 Å². The summed E-state index contributed by atoms with van der Waals surface area (Å²) in [6, 6.07) is 0. The highest BCUT2D eigenvalue weighted by molar-refractivity contribution is 5.84. The summed E-state index contributed by atoms with van der Waals surface area (Å²) in [6.07, 6.45) is 6.45. The number of hydrogen-bond acceptors (Lipinski definition) is 2. The maximum Gasteiger partial charge on any atom is 0.228 e. The third kappa shape index (κ3) is 2.65. The molecule has 1 heterocycles. The first-order valence-electron chi connectivity index (χ1n) is 8.93. The molecule has 2 saturated carbocycles. The van der Waals surface area contributed by atoms with Crippen LogP contribution >= 0.6 is 0 Å². The molecule has 4 nitrogen and oxygen atoms in total. The SMILES string of the molecule is CC1CN(C(=O)C2(C)CCC2)CCN(C(=O)C2(C)CCC2)C1. The number of carbonyl (C=O) groups is 2. The second-order valence-corrected chi connectivity index (χ2v) is 8.44. The highest BCUT2D eigenvalue weighted by Gasteiger charge is 2.45. The normalized spacial score (nSPS) is 27.6. The fourth-order valence-corrected chi connectivity index (χ4v) is 4.21. The van der Waals surface area contributed by atoms with E-state index < -0.39 is 0 Å². The van der Waals surface area contributed by atoms with E-state index in [0.29, 0.717) is 30.8 Å². The number of hydrogen-bond donors (Lipinski definition) is 0. The highest BCUT2D eigenvalue weighted by Crippen LogP contribution is 2.43. The van der Waals surface area contributed by atoms with Crippen molar-refractivity contribution in [1.82, 2.24) is 9.80 Å². The van der Waals surface area contributed by atoms with Gasteiger partial charge in [-0.3, -0.25) is 9.59 Å². The fraction of sp³-hybridized carbons (Fsp3) is 0.889. The first kappa shape index (κ1) is 15.8. The second kappa shape index (κ2) is 5.54. The molecule has 124 valence electrons. The Morgan fingerprint density at radius 1 is 0.818 bits per heavy atom. The Balaban J connectivity index is 1.65. The molecule has 4 heteroatoms. The van der Waals surface area contributed by atoms with Crippen molar-refractivity contribution in [3.05, 3.63) is 0 Å². The zero-order valence-corrected chi connectivity index (χ0v) is 14.4. The van der Waals surface area contributed by atoms with Crippen LogP contribution in [0.2, 0.25) is 0 Å². The van der Waals surface area contributed by atoms with Gasteiger partial charge in [0, 0.05) is 37.0 Å². The predicted molar refractivity (Wildman–Crippen MR) is 86.2 cm³/mol. The largest absolute Gasteiger partial charge is 0.340 e. The van der Waals surface area contributed by atoms with Gasteiger partial charge in [-0.1, -0.05) is 33.6 Å². The standard InChI is InChI=1S/C18H30N2O2/c1-14-12-19(15(21)17(2)6-4-7-17)10-11-20(13-14)16(22)18(3)8-5-9-18/h14H,4-13H2,1-3H3. The maximum atomic E-state index is 12.8. The number of rotatable bonds is 2. The van der Waals surface area contributed by atoms with Crippen LogP contribution in [0.1, 0.15) is 59.3 Å². The lowest BCUT2D eigenvalue weighted by molar-refractivity contribution is -0.148. The molecule has 0 aromatic carbocycles. The van der Waals surface area contributed by atoms with Gasteiger partial charge >= 0.3 is 0 Å². The van der Waals surface area contributed by atoms with Crippen LogP contribution < -0.4 is 0 Å². The van der Waals surface area contributed by atoms with Gasteiger partial charge in [0.15, 0.2) is 0 Å². The zero-order valence-electron chi connectivity index (χ0n) is 14.4. The molecule has 0 aromatic rings. The number of carbonyl (C=O) groups excluding carboxylic acids is 2. The zero-order chi connectivity index (χ0) is 16.0. The van der Waals surface area contributed by atoms with Crippen LogP contribution in [0.15, 0.2) is 0 Å². The Labute approximate surface area is 134 Å². The van der Waals surface area contributed by atoms with Crippen LogP contribution in [0, 0.1) is 16.7 Å². The number of amides is 2. The molecule has 22 heavy (non-hydrogen) atoms. The lowest BCUT2D eigenvalue weighted by Gasteiger charge is -2.41. The lowest BCUT2D eigenvalue weighted by Crippen LogP contribution is -2.49. The van der Waals surface area contributed by atoms with Crippen molar-refractivity contribution >= 4 is 11.8 Å². The smallest absolute Gasteiger partial charge is 0.228 e. The molecule has 0 radical (unpaired) electrons. The van der Waals surface area contributed by atoms with Gasteiger partial charge in [0.05, 0.1) is 0 Å². The first-order valence-corrected chi connectivity index (χ1v) is 8.93. The van der Waals surface area contributed by atoms with Gasteiger partial charge < -0.3 is 9.80 Å². The van der Waals surface area contributed by atoms with E-state index in [1.54, 1.807) is 0 Å². The molecule has 0 atom stereocenters. The third-order valence-corrected chi connectivity index (χ3v) is 6.23. The second-order valence-electron chi connectivity index (χ2n) is 8.44. The Bertz CT molecular complexity index is 424. The Hall–Kier alpha value is -1.06. The van der Waals surface area contributed by atoms with Crippen molar-refractivity contribution < 1.29 is 9.59 Å². The summed E-state index contributed by atoms with van der Waals surface area (Å²) in [5, 5.41) is 0. The quantitative estimate of drug-likeness (QED) is 0.787. The molecule has 3 rings (SSSR count). The van der Waals surface area contributed by atoms with E-state index in [9.17, 15) is 9.59 Å². The van der Waals surface area contributed by atoms with Crippen molar-refractivity contribution in [2.45, 2.75) is 59.3 Å². The summed E-state index contributed by atoms with van der Waals surface area (Å²) < 4.78 is 0. The molecule has 1 aliphatic heterocycles. The molecular formula is C18H30N2O2. The molecular weight excluding hydrogens is 276 g/mol. The van der Waals surface area contributed by atoms with Gasteiger partial charge in [-0.15, -0.1) is 0 Å². The average Bonchev–Trinajstić information content (AvgIpc) is 2.62. The first-order chi connectivity index (χ1) is 10.3. The molecule has 2 amide bonds. The molecule has 3 fully saturated rings. The van der Waals surface area contributed by atoms with Crippen LogP contribution in [0.4, 0.5) is 0 Å². The molecule has 2 aliphatic carbocycles. The highest BCUT2D eigenvalue weighted by atomic mass is 16.2. The summed E-state index contributed by atoms with van der Waals surface area (Å²) in [7, 11) is 0. The lowest BCUT2D eigenvalue weighted by atomic mass is 9.69. The maximum absolute atomic E-state index is 12.8. The Morgan fingerprint density at radius 3 is 1.45 bits per heavy atom. The van der Waals surface area contributed by atoms with E-state index in [4.69, 9.17) is 0 Å². The van der Waals surface area contributed by atoms with E-state index in [1.165, 1.54) is 12.8 Å². The summed E-state index contributed by atoms with van der Waals surface area (Å²) in [5.41, 5.74) is -0.252. The van der Waals surface area contributed by atoms with Gasteiger partial charge in [-0.05, 0) is 31.6 Å². The number of nitrogens with zero attached hydrogens (tertiary/aromatic N) is 2. The van der Waals surface area contributed by atoms with Crippen molar-refractivity contribution in [1.29, 1.82) is 0 Å². The monoisotopic (exact) mass is 306 g/mol. The summed E-state index contributed by atoms with van der Waals surface area (Å²) >= 11 is 0. The van der Waals surface area contributed by atoms with Crippen LogP contribution in [-0.4, -0.2) is 47.8 Å². The summed E-state index contributed by atoms with van der Waals surface area (Å²) in [4.78, 5) is 29.6. The van der Waals surface area contributed by atoms with Crippen molar-refractivity contribution in [2.24, 2.45) is 16.7 Å². The van der Waals surface area contributed by atoms with Gasteiger partial charge in [0.25, 0.3) is 0 Å². The Kier molecular flexibility index (Phi) is 3.98. The Morgan fingerprint density at radius 2 is 1.18 bits per heavy atom. The molecule has 3 aliphatic rings. The van der Waals surface area contributed by atoms with Crippen LogP contribution in [0.5, 0.6) is 0 Å². The fourth-order valence-electron chi connectivity index (χ4n) is 4.21. The van der Waals surface area contributed by atoms with Gasteiger partial charge in [-0.25, -0.2) is 0 Å². The van der Waals surface area contributed by atoms with Crippen molar-refractivity contribution in [2.75, 3.05) is 26.2 Å². The molecule has 0 bridgehead atoms. The third-order valence-electron chi connectivity index (χ3n) is 6.23. The molecule has 0 aromatic heterocycles. The van der Waals surface area contributed by atoms with Crippen molar-refractivity contribution in [3.8, 4) is 0 Å². The van der Waals surface area contributed by atoms with E-state index >= 15 is 0 Å². The summed E-state index contributed by atoms with van der Waals surface area (Å²) in [6.45, 7) is 9.39. The van der Waals surface area contributed by atoms with Gasteiger partial charge in [0.2, 0.25) is 11.8 Å². The molecule has 0 unspecified atom stereocenters. The minimum Gasteiger partial charge on any atom is -0.340 e. The topological polar surface area (TPSA) is 40.6 Å². The van der Waals surface area contributed by atoms with E-state index in [0.717, 1.165) is 38.8 Å². The van der Waals surface area contributed by atoms with E-state index in [1.807, 2.05) is 9.80 Å². The summed E-state index contributed by atoms with van der Waals surface area (Å²) in [5.74, 6) is 0.993. The molecule has 0 spiro atoms. The average molecular weight is 306 g/mol. The van der Waals surface area contributed by atoms with Gasteiger partial charge in [-0.2, -0.15) is 0 Å².